The number of aromatic hydroxyl groups is 1. The molecule has 23 heavy (non-hydrogen) atoms. The molecule has 0 saturated carbocycles. The molecule has 0 fully saturated rings. The fourth-order valence-corrected chi connectivity index (χ4v) is 3.08. The molecule has 4 heteroatoms. The standard InChI is InChI=1S/C19H16N2O2/c22-17-7-3-6-14-8-9-16(20-18(14)17)19(23)21-11-10-13-4-1-2-5-15(13)12-21/h1-9,22H,10-12H2. The molecule has 2 aromatic carbocycles. The Hall–Kier alpha value is -2.88. The van der Waals surface area contributed by atoms with E-state index in [0.717, 1.165) is 11.8 Å². The Kier molecular flexibility index (Phi) is 3.23. The van der Waals surface area contributed by atoms with Crippen LogP contribution in [-0.4, -0.2) is 27.4 Å². The number of carbonyl (C=O) groups excluding carboxylic acids is 1. The van der Waals surface area contributed by atoms with Crippen LogP contribution in [0.2, 0.25) is 0 Å². The van der Waals surface area contributed by atoms with E-state index in [9.17, 15) is 9.90 Å². The van der Waals surface area contributed by atoms with E-state index >= 15 is 0 Å². The van der Waals surface area contributed by atoms with E-state index < -0.39 is 0 Å². The molecular weight excluding hydrogens is 288 g/mol. The van der Waals surface area contributed by atoms with E-state index in [4.69, 9.17) is 0 Å². The summed E-state index contributed by atoms with van der Waals surface area (Å²) in [6.07, 6.45) is 0.862. The van der Waals surface area contributed by atoms with Gasteiger partial charge in [0, 0.05) is 18.5 Å². The quantitative estimate of drug-likeness (QED) is 0.751. The third-order valence-corrected chi connectivity index (χ3v) is 4.34. The first-order valence-electron chi connectivity index (χ1n) is 7.67. The summed E-state index contributed by atoms with van der Waals surface area (Å²) in [5, 5.41) is 10.8. The molecule has 0 bridgehead atoms. The van der Waals surface area contributed by atoms with Crippen LogP contribution in [-0.2, 0) is 13.0 Å². The van der Waals surface area contributed by atoms with Crippen LogP contribution in [0.5, 0.6) is 5.75 Å². The van der Waals surface area contributed by atoms with Gasteiger partial charge in [-0.1, -0.05) is 42.5 Å². The molecule has 0 spiro atoms. The normalized spacial score (nSPS) is 13.8. The summed E-state index contributed by atoms with van der Waals surface area (Å²) >= 11 is 0. The zero-order valence-electron chi connectivity index (χ0n) is 12.6. The van der Waals surface area contributed by atoms with Crippen LogP contribution in [0.15, 0.2) is 54.6 Å². The minimum Gasteiger partial charge on any atom is -0.506 e. The van der Waals surface area contributed by atoms with E-state index in [-0.39, 0.29) is 11.7 Å². The maximum atomic E-state index is 12.7. The van der Waals surface area contributed by atoms with Gasteiger partial charge in [0.25, 0.3) is 5.91 Å². The van der Waals surface area contributed by atoms with Gasteiger partial charge in [0.1, 0.15) is 17.0 Å². The Morgan fingerprint density at radius 1 is 1.00 bits per heavy atom. The second kappa shape index (κ2) is 5.39. The number of nitrogens with zero attached hydrogens (tertiary/aromatic N) is 2. The molecule has 4 nitrogen and oxygen atoms in total. The smallest absolute Gasteiger partial charge is 0.272 e. The molecule has 0 atom stereocenters. The molecular formula is C19H16N2O2. The zero-order chi connectivity index (χ0) is 15.8. The third-order valence-electron chi connectivity index (χ3n) is 4.34. The van der Waals surface area contributed by atoms with Crippen LogP contribution in [0.4, 0.5) is 0 Å². The fraction of sp³-hybridized carbons (Fsp3) is 0.158. The highest BCUT2D eigenvalue weighted by Gasteiger charge is 2.22. The van der Waals surface area contributed by atoms with Gasteiger partial charge in [0.05, 0.1) is 0 Å². The van der Waals surface area contributed by atoms with Crippen LogP contribution >= 0.6 is 0 Å². The predicted molar refractivity (Wildman–Crippen MR) is 88.3 cm³/mol. The molecule has 1 N–H and O–H groups in total. The van der Waals surface area contributed by atoms with Gasteiger partial charge in [-0.15, -0.1) is 0 Å². The van der Waals surface area contributed by atoms with Gasteiger partial charge < -0.3 is 10.0 Å². The summed E-state index contributed by atoms with van der Waals surface area (Å²) in [6, 6.07) is 17.0. The van der Waals surface area contributed by atoms with Crippen LogP contribution in [0, 0.1) is 0 Å². The number of phenolic OH excluding ortho intramolecular Hbond substituents is 1. The largest absolute Gasteiger partial charge is 0.506 e. The van der Waals surface area contributed by atoms with E-state index in [0.29, 0.717) is 24.3 Å². The second-order valence-corrected chi connectivity index (χ2v) is 5.79. The summed E-state index contributed by atoms with van der Waals surface area (Å²) in [5.41, 5.74) is 3.34. The van der Waals surface area contributed by atoms with Crippen molar-refractivity contribution in [1.82, 2.24) is 9.88 Å². The van der Waals surface area contributed by atoms with Crippen molar-refractivity contribution >= 4 is 16.8 Å². The van der Waals surface area contributed by atoms with Gasteiger partial charge in [-0.2, -0.15) is 0 Å². The molecule has 1 aromatic heterocycles. The van der Waals surface area contributed by atoms with E-state index in [2.05, 4.69) is 17.1 Å². The van der Waals surface area contributed by atoms with Crippen molar-refractivity contribution in [3.05, 3.63) is 71.4 Å². The molecule has 114 valence electrons. The maximum Gasteiger partial charge on any atom is 0.272 e. The van der Waals surface area contributed by atoms with E-state index in [1.165, 1.54) is 11.1 Å². The van der Waals surface area contributed by atoms with Crippen LogP contribution in [0.25, 0.3) is 10.9 Å². The summed E-state index contributed by atoms with van der Waals surface area (Å²) in [7, 11) is 0. The Morgan fingerprint density at radius 2 is 1.83 bits per heavy atom. The van der Waals surface area contributed by atoms with Gasteiger partial charge in [-0.05, 0) is 29.7 Å². The number of hydrogen-bond acceptors (Lipinski definition) is 3. The van der Waals surface area contributed by atoms with Gasteiger partial charge in [-0.3, -0.25) is 4.79 Å². The van der Waals surface area contributed by atoms with Crippen LogP contribution < -0.4 is 0 Å². The highest BCUT2D eigenvalue weighted by molar-refractivity contribution is 5.96. The molecule has 0 saturated heterocycles. The highest BCUT2D eigenvalue weighted by atomic mass is 16.3. The average molecular weight is 304 g/mol. The average Bonchev–Trinajstić information content (AvgIpc) is 2.61. The molecule has 4 rings (SSSR count). The number of carbonyl (C=O) groups is 1. The molecule has 0 aliphatic carbocycles. The Bertz CT molecular complexity index is 905. The van der Waals surface area contributed by atoms with Gasteiger partial charge in [0.15, 0.2) is 0 Å². The van der Waals surface area contributed by atoms with Crippen molar-refractivity contribution in [3.8, 4) is 5.75 Å². The van der Waals surface area contributed by atoms with Crippen molar-refractivity contribution in [2.24, 2.45) is 0 Å². The fourth-order valence-electron chi connectivity index (χ4n) is 3.08. The number of para-hydroxylation sites is 1. The lowest BCUT2D eigenvalue weighted by Gasteiger charge is -2.28. The lowest BCUT2D eigenvalue weighted by atomic mass is 9.99. The van der Waals surface area contributed by atoms with Gasteiger partial charge in [0.2, 0.25) is 0 Å². The van der Waals surface area contributed by atoms with Crippen molar-refractivity contribution < 1.29 is 9.90 Å². The monoisotopic (exact) mass is 304 g/mol. The Labute approximate surface area is 134 Å². The van der Waals surface area contributed by atoms with E-state index in [1.807, 2.05) is 29.2 Å². The Balaban J connectivity index is 1.66. The number of rotatable bonds is 1. The van der Waals surface area contributed by atoms with Crippen LogP contribution in [0.1, 0.15) is 21.6 Å². The molecule has 3 aromatic rings. The minimum atomic E-state index is -0.0929. The second-order valence-electron chi connectivity index (χ2n) is 5.79. The number of amides is 1. The first kappa shape index (κ1) is 13.8. The number of aromatic nitrogens is 1. The number of hydrogen-bond donors (Lipinski definition) is 1. The lowest BCUT2D eigenvalue weighted by molar-refractivity contribution is 0.0729. The topological polar surface area (TPSA) is 53.4 Å². The highest BCUT2D eigenvalue weighted by Crippen LogP contribution is 2.24. The lowest BCUT2D eigenvalue weighted by Crippen LogP contribution is -2.36. The first-order valence-corrected chi connectivity index (χ1v) is 7.67. The van der Waals surface area contributed by atoms with Crippen molar-refractivity contribution in [3.63, 3.8) is 0 Å². The molecule has 0 unspecified atom stereocenters. The Morgan fingerprint density at radius 3 is 2.70 bits per heavy atom. The predicted octanol–water partition coefficient (Wildman–Crippen LogP) is 3.14. The van der Waals surface area contributed by atoms with Gasteiger partial charge in [-0.25, -0.2) is 4.98 Å². The molecule has 1 aliphatic rings. The number of phenols is 1. The summed E-state index contributed by atoms with van der Waals surface area (Å²) in [4.78, 5) is 18.9. The summed E-state index contributed by atoms with van der Waals surface area (Å²) < 4.78 is 0. The van der Waals surface area contributed by atoms with E-state index in [1.54, 1.807) is 18.2 Å². The van der Waals surface area contributed by atoms with Crippen molar-refractivity contribution in [2.75, 3.05) is 6.54 Å². The third kappa shape index (κ3) is 2.42. The SMILES string of the molecule is O=C(c1ccc2cccc(O)c2n1)N1CCc2ccccc2C1. The summed E-state index contributed by atoms with van der Waals surface area (Å²) in [6.45, 7) is 1.30. The summed E-state index contributed by atoms with van der Waals surface area (Å²) in [5.74, 6) is 0.00537. The first-order chi connectivity index (χ1) is 11.2. The number of pyridine rings is 1. The molecule has 0 radical (unpaired) electrons. The van der Waals surface area contributed by atoms with Crippen LogP contribution in [0.3, 0.4) is 0 Å². The number of fused-ring (bicyclic) bond motifs is 2. The molecule has 1 aliphatic heterocycles. The van der Waals surface area contributed by atoms with Crippen molar-refractivity contribution in [1.29, 1.82) is 0 Å². The maximum absolute atomic E-state index is 12.7. The zero-order valence-corrected chi connectivity index (χ0v) is 12.6. The van der Waals surface area contributed by atoms with Crippen molar-refractivity contribution in [2.45, 2.75) is 13.0 Å². The minimum absolute atomic E-state index is 0.0929. The molecule has 1 amide bonds. The number of benzene rings is 2. The molecule has 2 heterocycles. The van der Waals surface area contributed by atoms with Gasteiger partial charge >= 0.3 is 0 Å².